The van der Waals surface area contributed by atoms with Crippen molar-refractivity contribution < 1.29 is 9.13 Å². The fourth-order valence-electron chi connectivity index (χ4n) is 1.27. The van der Waals surface area contributed by atoms with Crippen molar-refractivity contribution in [3.63, 3.8) is 0 Å². The highest BCUT2D eigenvalue weighted by atomic mass is 79.9. The van der Waals surface area contributed by atoms with E-state index in [-0.39, 0.29) is 5.75 Å². The Morgan fingerprint density at radius 1 is 1.35 bits per heavy atom. The molecule has 1 heterocycles. The van der Waals surface area contributed by atoms with Crippen LogP contribution in [0.3, 0.4) is 0 Å². The lowest BCUT2D eigenvalue weighted by atomic mass is 10.3. The molecule has 0 atom stereocenters. The summed E-state index contributed by atoms with van der Waals surface area (Å²) in [5.41, 5.74) is 6.97. The first-order valence-corrected chi connectivity index (χ1v) is 5.70. The SMILES string of the molecule is Cc1ccc(Oc2cc(F)c(Br)cc2N)cn1. The number of aryl methyl sites for hydroxylation is 1. The topological polar surface area (TPSA) is 48.1 Å². The van der Waals surface area contributed by atoms with Crippen LogP contribution in [0.2, 0.25) is 0 Å². The van der Waals surface area contributed by atoms with Crippen LogP contribution in [0.5, 0.6) is 11.5 Å². The van der Waals surface area contributed by atoms with E-state index >= 15 is 0 Å². The Labute approximate surface area is 107 Å². The number of halogens is 2. The van der Waals surface area contributed by atoms with E-state index in [9.17, 15) is 4.39 Å². The standard InChI is InChI=1S/C12H10BrFN2O/c1-7-2-3-8(6-16-7)17-12-5-10(14)9(13)4-11(12)15/h2-6H,15H2,1H3. The van der Waals surface area contributed by atoms with E-state index < -0.39 is 5.82 Å². The zero-order chi connectivity index (χ0) is 12.4. The molecule has 5 heteroatoms. The normalized spacial score (nSPS) is 10.3. The molecule has 0 radical (unpaired) electrons. The molecule has 0 spiro atoms. The van der Waals surface area contributed by atoms with Gasteiger partial charge in [0.1, 0.15) is 11.6 Å². The lowest BCUT2D eigenvalue weighted by Crippen LogP contribution is -1.94. The maximum absolute atomic E-state index is 13.3. The number of hydrogen-bond donors (Lipinski definition) is 1. The maximum atomic E-state index is 13.3. The van der Waals surface area contributed by atoms with Crippen molar-refractivity contribution in [3.05, 3.63) is 46.4 Å². The fraction of sp³-hybridized carbons (Fsp3) is 0.0833. The summed E-state index contributed by atoms with van der Waals surface area (Å²) in [4.78, 5) is 4.08. The van der Waals surface area contributed by atoms with Crippen molar-refractivity contribution >= 4 is 21.6 Å². The van der Waals surface area contributed by atoms with Gasteiger partial charge in [-0.25, -0.2) is 4.39 Å². The summed E-state index contributed by atoms with van der Waals surface area (Å²) in [6, 6.07) is 6.26. The monoisotopic (exact) mass is 296 g/mol. The van der Waals surface area contributed by atoms with Crippen LogP contribution in [0.1, 0.15) is 5.69 Å². The Balaban J connectivity index is 2.30. The molecule has 17 heavy (non-hydrogen) atoms. The number of nitrogen functional groups attached to an aromatic ring is 1. The molecular formula is C12H10BrFN2O. The van der Waals surface area contributed by atoms with Gasteiger partial charge in [-0.3, -0.25) is 4.98 Å². The number of aromatic nitrogens is 1. The Bertz CT molecular complexity index is 543. The van der Waals surface area contributed by atoms with E-state index in [1.54, 1.807) is 18.3 Å². The highest BCUT2D eigenvalue weighted by Crippen LogP contribution is 2.31. The Hall–Kier alpha value is -1.62. The summed E-state index contributed by atoms with van der Waals surface area (Å²) < 4.78 is 19.1. The molecule has 0 unspecified atom stereocenters. The first-order valence-electron chi connectivity index (χ1n) is 4.91. The number of rotatable bonds is 2. The third kappa shape index (κ3) is 2.74. The summed E-state index contributed by atoms with van der Waals surface area (Å²) in [6.45, 7) is 1.87. The van der Waals surface area contributed by atoms with Crippen LogP contribution in [0.4, 0.5) is 10.1 Å². The number of anilines is 1. The zero-order valence-electron chi connectivity index (χ0n) is 9.08. The molecule has 1 aromatic carbocycles. The number of pyridine rings is 1. The van der Waals surface area contributed by atoms with Gasteiger partial charge in [0, 0.05) is 11.8 Å². The second-order valence-electron chi connectivity index (χ2n) is 3.54. The number of hydrogen-bond acceptors (Lipinski definition) is 3. The molecule has 0 aliphatic heterocycles. The summed E-state index contributed by atoms with van der Waals surface area (Å²) in [7, 11) is 0. The van der Waals surface area contributed by atoms with E-state index in [2.05, 4.69) is 20.9 Å². The minimum atomic E-state index is -0.422. The molecule has 88 valence electrons. The van der Waals surface area contributed by atoms with Crippen LogP contribution in [0.25, 0.3) is 0 Å². The van der Waals surface area contributed by atoms with Crippen LogP contribution in [-0.2, 0) is 0 Å². The Kier molecular flexibility index (Phi) is 3.28. The first-order chi connectivity index (χ1) is 8.06. The van der Waals surface area contributed by atoms with Gasteiger partial charge >= 0.3 is 0 Å². The van der Waals surface area contributed by atoms with E-state index in [1.165, 1.54) is 12.1 Å². The molecule has 0 amide bonds. The van der Waals surface area contributed by atoms with Crippen molar-refractivity contribution in [2.75, 3.05) is 5.73 Å². The lowest BCUT2D eigenvalue weighted by Gasteiger charge is -2.09. The predicted molar refractivity (Wildman–Crippen MR) is 67.6 cm³/mol. The smallest absolute Gasteiger partial charge is 0.153 e. The molecule has 0 saturated carbocycles. The maximum Gasteiger partial charge on any atom is 0.153 e. The molecular weight excluding hydrogens is 287 g/mol. The van der Waals surface area contributed by atoms with Gasteiger partial charge in [-0.15, -0.1) is 0 Å². The molecule has 2 aromatic rings. The molecule has 2 rings (SSSR count). The predicted octanol–water partition coefficient (Wildman–Crippen LogP) is 3.67. The third-order valence-corrected chi connectivity index (χ3v) is 2.77. The van der Waals surface area contributed by atoms with Crippen molar-refractivity contribution in [2.45, 2.75) is 6.92 Å². The minimum absolute atomic E-state index is 0.274. The van der Waals surface area contributed by atoms with Gasteiger partial charge in [-0.1, -0.05) is 0 Å². The van der Waals surface area contributed by atoms with Crippen LogP contribution < -0.4 is 10.5 Å². The molecule has 1 aromatic heterocycles. The Morgan fingerprint density at radius 2 is 2.12 bits per heavy atom. The highest BCUT2D eigenvalue weighted by Gasteiger charge is 2.08. The van der Waals surface area contributed by atoms with Crippen molar-refractivity contribution in [3.8, 4) is 11.5 Å². The number of ether oxygens (including phenoxy) is 1. The van der Waals surface area contributed by atoms with E-state index in [1.807, 2.05) is 6.92 Å². The van der Waals surface area contributed by atoms with Crippen molar-refractivity contribution in [2.24, 2.45) is 0 Å². The quantitative estimate of drug-likeness (QED) is 0.860. The molecule has 0 aliphatic carbocycles. The summed E-state index contributed by atoms with van der Waals surface area (Å²) in [5, 5.41) is 0. The highest BCUT2D eigenvalue weighted by molar-refractivity contribution is 9.10. The average Bonchev–Trinajstić information content (AvgIpc) is 2.29. The van der Waals surface area contributed by atoms with Gasteiger partial charge in [-0.05, 0) is 41.1 Å². The van der Waals surface area contributed by atoms with E-state index in [4.69, 9.17) is 10.5 Å². The number of nitrogens with two attached hydrogens (primary N) is 1. The van der Waals surface area contributed by atoms with Crippen LogP contribution >= 0.6 is 15.9 Å². The summed E-state index contributed by atoms with van der Waals surface area (Å²) >= 11 is 3.05. The third-order valence-electron chi connectivity index (χ3n) is 2.16. The second kappa shape index (κ2) is 4.71. The molecule has 3 nitrogen and oxygen atoms in total. The zero-order valence-corrected chi connectivity index (χ0v) is 10.7. The van der Waals surface area contributed by atoms with Crippen molar-refractivity contribution in [1.29, 1.82) is 0 Å². The van der Waals surface area contributed by atoms with Crippen LogP contribution in [0.15, 0.2) is 34.9 Å². The number of benzene rings is 1. The van der Waals surface area contributed by atoms with Gasteiger partial charge in [0.2, 0.25) is 0 Å². The molecule has 0 aliphatic rings. The van der Waals surface area contributed by atoms with Gasteiger partial charge < -0.3 is 10.5 Å². The average molecular weight is 297 g/mol. The van der Waals surface area contributed by atoms with E-state index in [0.717, 1.165) is 5.69 Å². The lowest BCUT2D eigenvalue weighted by molar-refractivity contribution is 0.476. The van der Waals surface area contributed by atoms with Crippen molar-refractivity contribution in [1.82, 2.24) is 4.98 Å². The van der Waals surface area contributed by atoms with Crippen LogP contribution in [-0.4, -0.2) is 4.98 Å². The first kappa shape index (κ1) is 11.9. The van der Waals surface area contributed by atoms with E-state index in [0.29, 0.717) is 15.9 Å². The van der Waals surface area contributed by atoms with Gasteiger partial charge in [0.25, 0.3) is 0 Å². The number of nitrogens with zero attached hydrogens (tertiary/aromatic N) is 1. The largest absolute Gasteiger partial charge is 0.453 e. The summed E-state index contributed by atoms with van der Waals surface area (Å²) in [5.74, 6) is 0.370. The van der Waals surface area contributed by atoms with Gasteiger partial charge in [-0.2, -0.15) is 0 Å². The molecule has 0 saturated heterocycles. The van der Waals surface area contributed by atoms with Gasteiger partial charge in [0.05, 0.1) is 16.4 Å². The molecule has 0 bridgehead atoms. The Morgan fingerprint density at radius 3 is 2.76 bits per heavy atom. The fourth-order valence-corrected chi connectivity index (χ4v) is 1.64. The second-order valence-corrected chi connectivity index (χ2v) is 4.40. The minimum Gasteiger partial charge on any atom is -0.453 e. The molecule has 0 fully saturated rings. The van der Waals surface area contributed by atoms with Crippen LogP contribution in [0, 0.1) is 12.7 Å². The summed E-state index contributed by atoms with van der Waals surface area (Å²) in [6.07, 6.45) is 1.56. The van der Waals surface area contributed by atoms with Gasteiger partial charge in [0.15, 0.2) is 5.75 Å². The molecule has 2 N–H and O–H groups in total.